The molecular weight excluding hydrogens is 362 g/mol. The molecule has 2 amide bonds. The second kappa shape index (κ2) is 9.29. The standard InChI is InChI=1S/C24H35N3O2/c1-18(28)27-16-21(10-11-23(17-27)25-22-8-5-9-22)24(29)26-14-12-20(13-15-26)19-6-3-2-4-7-19/h2-4,6-7,20-23,25H,5,8-17H2,1H3/t21-,23+/m1/s1. The van der Waals surface area contributed by atoms with Gasteiger partial charge in [0.25, 0.3) is 0 Å². The van der Waals surface area contributed by atoms with Crippen molar-refractivity contribution in [3.8, 4) is 0 Å². The van der Waals surface area contributed by atoms with Crippen molar-refractivity contribution in [1.82, 2.24) is 15.1 Å². The number of carbonyl (C=O) groups excluding carboxylic acids is 2. The summed E-state index contributed by atoms with van der Waals surface area (Å²) in [7, 11) is 0. The molecule has 4 rings (SSSR count). The lowest BCUT2D eigenvalue weighted by molar-refractivity contribution is -0.138. The highest BCUT2D eigenvalue weighted by atomic mass is 16.2. The molecule has 2 atom stereocenters. The summed E-state index contributed by atoms with van der Waals surface area (Å²) in [5, 5.41) is 3.72. The van der Waals surface area contributed by atoms with E-state index in [1.165, 1.54) is 24.8 Å². The number of rotatable bonds is 4. The van der Waals surface area contributed by atoms with Gasteiger partial charge in [0.2, 0.25) is 11.8 Å². The van der Waals surface area contributed by atoms with Crippen LogP contribution in [0, 0.1) is 5.92 Å². The van der Waals surface area contributed by atoms with Crippen molar-refractivity contribution in [2.45, 2.75) is 69.9 Å². The molecule has 0 radical (unpaired) electrons. The second-order valence-electron chi connectivity index (χ2n) is 9.20. The predicted octanol–water partition coefficient (Wildman–Crippen LogP) is 3.16. The number of amides is 2. The maximum atomic E-state index is 13.3. The monoisotopic (exact) mass is 397 g/mol. The number of nitrogens with one attached hydrogen (secondary N) is 1. The lowest BCUT2D eigenvalue weighted by Crippen LogP contribution is -2.48. The molecule has 3 aliphatic rings. The minimum atomic E-state index is -0.0552. The van der Waals surface area contributed by atoms with E-state index in [1.54, 1.807) is 6.92 Å². The predicted molar refractivity (Wildman–Crippen MR) is 115 cm³/mol. The Bertz CT molecular complexity index is 695. The highest BCUT2D eigenvalue weighted by Gasteiger charge is 2.34. The second-order valence-corrected chi connectivity index (χ2v) is 9.20. The van der Waals surface area contributed by atoms with Gasteiger partial charge < -0.3 is 15.1 Å². The number of benzene rings is 1. The van der Waals surface area contributed by atoms with Gasteiger partial charge in [0.15, 0.2) is 0 Å². The zero-order chi connectivity index (χ0) is 20.2. The zero-order valence-electron chi connectivity index (χ0n) is 17.7. The Kier molecular flexibility index (Phi) is 6.53. The SMILES string of the molecule is CC(=O)N1C[C@@H](NC2CCC2)CC[C@@H](C(=O)N2CCC(c3ccccc3)CC2)C1. The first-order valence-electron chi connectivity index (χ1n) is 11.5. The first kappa shape index (κ1) is 20.4. The summed E-state index contributed by atoms with van der Waals surface area (Å²) >= 11 is 0. The maximum absolute atomic E-state index is 13.3. The molecule has 2 heterocycles. The van der Waals surface area contributed by atoms with Gasteiger partial charge in [-0.05, 0) is 50.0 Å². The van der Waals surface area contributed by atoms with Crippen molar-refractivity contribution in [3.05, 3.63) is 35.9 Å². The minimum Gasteiger partial charge on any atom is -0.342 e. The molecule has 2 aliphatic heterocycles. The van der Waals surface area contributed by atoms with E-state index >= 15 is 0 Å². The van der Waals surface area contributed by atoms with Gasteiger partial charge in [-0.1, -0.05) is 36.8 Å². The molecule has 5 nitrogen and oxygen atoms in total. The lowest BCUT2D eigenvalue weighted by Gasteiger charge is -2.35. The van der Waals surface area contributed by atoms with Crippen LogP contribution < -0.4 is 5.32 Å². The smallest absolute Gasteiger partial charge is 0.227 e. The summed E-state index contributed by atoms with van der Waals surface area (Å²) < 4.78 is 0. The molecule has 0 bridgehead atoms. The van der Waals surface area contributed by atoms with Crippen LogP contribution in [-0.2, 0) is 9.59 Å². The fourth-order valence-electron chi connectivity index (χ4n) is 5.11. The van der Waals surface area contributed by atoms with Crippen LogP contribution in [0.3, 0.4) is 0 Å². The Morgan fingerprint density at radius 3 is 2.21 bits per heavy atom. The first-order valence-corrected chi connectivity index (χ1v) is 11.5. The first-order chi connectivity index (χ1) is 14.1. The maximum Gasteiger partial charge on any atom is 0.227 e. The van der Waals surface area contributed by atoms with Crippen LogP contribution in [0.2, 0.25) is 0 Å². The number of likely N-dealkylation sites (tertiary alicyclic amines) is 2. The van der Waals surface area contributed by atoms with Crippen LogP contribution in [0.5, 0.6) is 0 Å². The fraction of sp³-hybridized carbons (Fsp3) is 0.667. The summed E-state index contributed by atoms with van der Waals surface area (Å²) in [4.78, 5) is 29.4. The van der Waals surface area contributed by atoms with E-state index < -0.39 is 0 Å². The number of hydrogen-bond donors (Lipinski definition) is 1. The van der Waals surface area contributed by atoms with Gasteiger partial charge in [-0.15, -0.1) is 0 Å². The molecule has 1 N–H and O–H groups in total. The molecule has 158 valence electrons. The van der Waals surface area contributed by atoms with E-state index in [9.17, 15) is 9.59 Å². The van der Waals surface area contributed by atoms with Gasteiger partial charge in [-0.2, -0.15) is 0 Å². The van der Waals surface area contributed by atoms with Gasteiger partial charge in [0, 0.05) is 45.2 Å². The molecular formula is C24H35N3O2. The Morgan fingerprint density at radius 2 is 1.59 bits per heavy atom. The van der Waals surface area contributed by atoms with E-state index in [-0.39, 0.29) is 17.7 Å². The Hall–Kier alpha value is -1.88. The molecule has 3 fully saturated rings. The van der Waals surface area contributed by atoms with Crippen LogP contribution in [0.15, 0.2) is 30.3 Å². The molecule has 1 aromatic carbocycles. The Morgan fingerprint density at radius 1 is 0.862 bits per heavy atom. The number of nitrogens with zero attached hydrogens (tertiary/aromatic N) is 2. The highest BCUT2D eigenvalue weighted by molar-refractivity contribution is 5.80. The van der Waals surface area contributed by atoms with Gasteiger partial charge >= 0.3 is 0 Å². The van der Waals surface area contributed by atoms with Gasteiger partial charge in [-0.3, -0.25) is 9.59 Å². The molecule has 2 saturated heterocycles. The number of piperidine rings is 1. The lowest BCUT2D eigenvalue weighted by atomic mass is 9.88. The molecule has 1 aliphatic carbocycles. The van der Waals surface area contributed by atoms with Crippen molar-refractivity contribution >= 4 is 11.8 Å². The third-order valence-corrected chi connectivity index (χ3v) is 7.19. The summed E-state index contributed by atoms with van der Waals surface area (Å²) in [6, 6.07) is 11.6. The number of hydrogen-bond acceptors (Lipinski definition) is 3. The van der Waals surface area contributed by atoms with E-state index in [4.69, 9.17) is 0 Å². The van der Waals surface area contributed by atoms with Gasteiger partial charge in [0.05, 0.1) is 5.92 Å². The van der Waals surface area contributed by atoms with Crippen LogP contribution >= 0.6 is 0 Å². The highest BCUT2D eigenvalue weighted by Crippen LogP contribution is 2.30. The molecule has 5 heteroatoms. The fourth-order valence-corrected chi connectivity index (χ4v) is 5.11. The average molecular weight is 398 g/mol. The summed E-state index contributed by atoms with van der Waals surface area (Å²) in [5.41, 5.74) is 1.39. The summed E-state index contributed by atoms with van der Waals surface area (Å²) in [6.07, 6.45) is 7.73. The minimum absolute atomic E-state index is 0.0552. The van der Waals surface area contributed by atoms with Crippen molar-refractivity contribution in [1.29, 1.82) is 0 Å². The van der Waals surface area contributed by atoms with Crippen LogP contribution in [-0.4, -0.2) is 59.9 Å². The van der Waals surface area contributed by atoms with E-state index in [1.807, 2.05) is 4.90 Å². The van der Waals surface area contributed by atoms with Crippen molar-refractivity contribution in [2.75, 3.05) is 26.2 Å². The van der Waals surface area contributed by atoms with E-state index in [0.717, 1.165) is 45.3 Å². The van der Waals surface area contributed by atoms with Gasteiger partial charge in [-0.25, -0.2) is 0 Å². The third kappa shape index (κ3) is 5.00. The molecule has 1 saturated carbocycles. The number of carbonyl (C=O) groups is 2. The third-order valence-electron chi connectivity index (χ3n) is 7.19. The Labute approximate surface area is 174 Å². The molecule has 29 heavy (non-hydrogen) atoms. The summed E-state index contributed by atoms with van der Waals surface area (Å²) in [6.45, 7) is 4.62. The van der Waals surface area contributed by atoms with E-state index in [0.29, 0.717) is 24.5 Å². The van der Waals surface area contributed by atoms with Crippen molar-refractivity contribution in [3.63, 3.8) is 0 Å². The quantitative estimate of drug-likeness (QED) is 0.849. The van der Waals surface area contributed by atoms with Crippen LogP contribution in [0.25, 0.3) is 0 Å². The normalized spacial score (nSPS) is 26.7. The molecule has 0 unspecified atom stereocenters. The molecule has 1 aromatic rings. The van der Waals surface area contributed by atoms with Crippen LogP contribution in [0.1, 0.15) is 63.4 Å². The van der Waals surface area contributed by atoms with E-state index in [2.05, 4.69) is 40.5 Å². The Balaban J connectivity index is 1.34. The average Bonchev–Trinajstić information content (AvgIpc) is 2.94. The van der Waals surface area contributed by atoms with Gasteiger partial charge in [0.1, 0.15) is 0 Å². The van der Waals surface area contributed by atoms with Crippen LogP contribution in [0.4, 0.5) is 0 Å². The summed E-state index contributed by atoms with van der Waals surface area (Å²) in [5.74, 6) is 0.847. The topological polar surface area (TPSA) is 52.7 Å². The van der Waals surface area contributed by atoms with Crippen molar-refractivity contribution in [2.24, 2.45) is 5.92 Å². The molecule has 0 spiro atoms. The molecule has 0 aromatic heterocycles. The zero-order valence-corrected chi connectivity index (χ0v) is 17.7. The largest absolute Gasteiger partial charge is 0.342 e. The van der Waals surface area contributed by atoms with Crippen molar-refractivity contribution < 1.29 is 9.59 Å².